The minimum Gasteiger partial charge on any atom is -0.446 e. The van der Waals surface area contributed by atoms with Gasteiger partial charge in [0.05, 0.1) is 0 Å². The Balaban J connectivity index is 2.67. The topological polar surface area (TPSA) is 52.3 Å². The number of carbonyl (C=O) groups is 1. The summed E-state index contributed by atoms with van der Waals surface area (Å²) in [6, 6.07) is 9.98. The van der Waals surface area contributed by atoms with Crippen molar-refractivity contribution >= 4 is 6.09 Å². The monoisotopic (exact) mass is 221 g/mol. The Kier molecular flexibility index (Phi) is 4.83. The Labute approximate surface area is 96.6 Å². The zero-order chi connectivity index (χ0) is 12.0. The number of rotatable bonds is 5. The fourth-order valence-corrected chi connectivity index (χ4v) is 1.62. The SMILES string of the molecule is CCC(C)C(Cc1ccccc1)OC(N)=O. The van der Waals surface area contributed by atoms with Crippen LogP contribution in [-0.4, -0.2) is 12.2 Å². The average molecular weight is 221 g/mol. The predicted octanol–water partition coefficient (Wildman–Crippen LogP) is 2.74. The first-order chi connectivity index (χ1) is 7.63. The van der Waals surface area contributed by atoms with Crippen LogP contribution in [0.25, 0.3) is 0 Å². The zero-order valence-electron chi connectivity index (χ0n) is 9.85. The van der Waals surface area contributed by atoms with Gasteiger partial charge >= 0.3 is 6.09 Å². The summed E-state index contributed by atoms with van der Waals surface area (Å²) in [4.78, 5) is 10.8. The van der Waals surface area contributed by atoms with E-state index in [2.05, 4.69) is 13.8 Å². The van der Waals surface area contributed by atoms with E-state index in [4.69, 9.17) is 10.5 Å². The van der Waals surface area contributed by atoms with E-state index >= 15 is 0 Å². The summed E-state index contributed by atoms with van der Waals surface area (Å²) in [5.41, 5.74) is 6.24. The number of benzene rings is 1. The quantitative estimate of drug-likeness (QED) is 0.831. The van der Waals surface area contributed by atoms with Crippen LogP contribution < -0.4 is 5.73 Å². The zero-order valence-corrected chi connectivity index (χ0v) is 9.85. The molecule has 0 fully saturated rings. The molecule has 0 radical (unpaired) electrons. The second-order valence-corrected chi connectivity index (χ2v) is 4.05. The number of nitrogens with two attached hydrogens (primary N) is 1. The molecule has 2 N–H and O–H groups in total. The van der Waals surface area contributed by atoms with Crippen molar-refractivity contribution in [3.8, 4) is 0 Å². The molecule has 3 nitrogen and oxygen atoms in total. The van der Waals surface area contributed by atoms with Crippen molar-refractivity contribution in [2.45, 2.75) is 32.8 Å². The summed E-state index contributed by atoms with van der Waals surface area (Å²) in [5, 5.41) is 0. The summed E-state index contributed by atoms with van der Waals surface area (Å²) in [6.07, 6.45) is 0.856. The van der Waals surface area contributed by atoms with Crippen LogP contribution in [0.3, 0.4) is 0 Å². The van der Waals surface area contributed by atoms with Crippen LogP contribution in [0.15, 0.2) is 30.3 Å². The van der Waals surface area contributed by atoms with Gasteiger partial charge < -0.3 is 10.5 Å². The van der Waals surface area contributed by atoms with Gasteiger partial charge in [0.15, 0.2) is 0 Å². The van der Waals surface area contributed by atoms with Gasteiger partial charge in [-0.05, 0) is 11.5 Å². The minimum absolute atomic E-state index is 0.134. The van der Waals surface area contributed by atoms with Gasteiger partial charge in [0.1, 0.15) is 6.10 Å². The smallest absolute Gasteiger partial charge is 0.404 e. The molecule has 0 aliphatic heterocycles. The molecule has 0 heterocycles. The Morgan fingerprint density at radius 3 is 2.50 bits per heavy atom. The lowest BCUT2D eigenvalue weighted by atomic mass is 9.95. The maximum absolute atomic E-state index is 10.8. The number of primary amides is 1. The Bertz CT molecular complexity index is 324. The van der Waals surface area contributed by atoms with Crippen molar-refractivity contribution in [3.05, 3.63) is 35.9 Å². The standard InChI is InChI=1S/C13H19NO2/c1-3-10(2)12(16-13(14)15)9-11-7-5-4-6-8-11/h4-8,10,12H,3,9H2,1-2H3,(H2,14,15). The number of carbonyl (C=O) groups excluding carboxylic acids is 1. The Morgan fingerprint density at radius 1 is 1.38 bits per heavy atom. The first-order valence-corrected chi connectivity index (χ1v) is 5.63. The summed E-state index contributed by atoms with van der Waals surface area (Å²) in [7, 11) is 0. The van der Waals surface area contributed by atoms with Crippen LogP contribution in [-0.2, 0) is 11.2 Å². The number of amides is 1. The van der Waals surface area contributed by atoms with Crippen molar-refractivity contribution in [1.29, 1.82) is 0 Å². The van der Waals surface area contributed by atoms with E-state index < -0.39 is 6.09 Å². The molecule has 0 aliphatic rings. The van der Waals surface area contributed by atoms with E-state index in [1.165, 1.54) is 0 Å². The van der Waals surface area contributed by atoms with Gasteiger partial charge in [-0.1, -0.05) is 50.6 Å². The van der Waals surface area contributed by atoms with E-state index in [-0.39, 0.29) is 6.10 Å². The third kappa shape index (κ3) is 3.93. The Hall–Kier alpha value is -1.51. The average Bonchev–Trinajstić information content (AvgIpc) is 2.28. The van der Waals surface area contributed by atoms with Gasteiger partial charge in [0.2, 0.25) is 0 Å². The second kappa shape index (κ2) is 6.16. The molecule has 1 aromatic carbocycles. The molecule has 0 aliphatic carbocycles. The van der Waals surface area contributed by atoms with Crippen molar-refractivity contribution < 1.29 is 9.53 Å². The van der Waals surface area contributed by atoms with Crippen LogP contribution in [0, 0.1) is 5.92 Å². The Morgan fingerprint density at radius 2 is 2.00 bits per heavy atom. The highest BCUT2D eigenvalue weighted by atomic mass is 16.6. The van der Waals surface area contributed by atoms with E-state index in [1.54, 1.807) is 0 Å². The largest absolute Gasteiger partial charge is 0.446 e. The van der Waals surface area contributed by atoms with Crippen LogP contribution in [0.1, 0.15) is 25.8 Å². The normalized spacial score (nSPS) is 14.1. The third-order valence-corrected chi connectivity index (χ3v) is 2.83. The maximum Gasteiger partial charge on any atom is 0.404 e. The van der Waals surface area contributed by atoms with Gasteiger partial charge in [-0.15, -0.1) is 0 Å². The van der Waals surface area contributed by atoms with Crippen molar-refractivity contribution in [2.75, 3.05) is 0 Å². The molecule has 16 heavy (non-hydrogen) atoms. The number of ether oxygens (including phenoxy) is 1. The molecule has 0 aromatic heterocycles. The van der Waals surface area contributed by atoms with Crippen LogP contribution >= 0.6 is 0 Å². The highest BCUT2D eigenvalue weighted by Gasteiger charge is 2.19. The maximum atomic E-state index is 10.8. The molecule has 0 saturated heterocycles. The van der Waals surface area contributed by atoms with E-state index in [0.29, 0.717) is 5.92 Å². The van der Waals surface area contributed by atoms with Gasteiger partial charge in [-0.2, -0.15) is 0 Å². The molecular weight excluding hydrogens is 202 g/mol. The van der Waals surface area contributed by atoms with E-state index in [0.717, 1.165) is 18.4 Å². The molecule has 0 bridgehead atoms. The number of hydrogen-bond acceptors (Lipinski definition) is 2. The fourth-order valence-electron chi connectivity index (χ4n) is 1.62. The first kappa shape index (κ1) is 12.6. The van der Waals surface area contributed by atoms with Gasteiger partial charge in [0.25, 0.3) is 0 Å². The molecule has 0 spiro atoms. The summed E-state index contributed by atoms with van der Waals surface area (Å²) in [6.45, 7) is 4.14. The molecule has 2 unspecified atom stereocenters. The van der Waals surface area contributed by atoms with Crippen molar-refractivity contribution in [3.63, 3.8) is 0 Å². The van der Waals surface area contributed by atoms with Crippen LogP contribution in [0.5, 0.6) is 0 Å². The minimum atomic E-state index is -0.693. The van der Waals surface area contributed by atoms with Gasteiger partial charge in [0, 0.05) is 6.42 Å². The lowest BCUT2D eigenvalue weighted by Crippen LogP contribution is -2.29. The molecule has 88 valence electrons. The highest BCUT2D eigenvalue weighted by molar-refractivity contribution is 5.64. The van der Waals surface area contributed by atoms with Crippen LogP contribution in [0.4, 0.5) is 4.79 Å². The van der Waals surface area contributed by atoms with Gasteiger partial charge in [-0.3, -0.25) is 0 Å². The van der Waals surface area contributed by atoms with Gasteiger partial charge in [-0.25, -0.2) is 4.79 Å². The molecule has 3 heteroatoms. The number of hydrogen-bond donors (Lipinski definition) is 1. The highest BCUT2D eigenvalue weighted by Crippen LogP contribution is 2.16. The summed E-state index contributed by atoms with van der Waals surface area (Å²) in [5.74, 6) is 0.313. The second-order valence-electron chi connectivity index (χ2n) is 4.05. The first-order valence-electron chi connectivity index (χ1n) is 5.63. The molecule has 0 saturated carbocycles. The molecule has 2 atom stereocenters. The van der Waals surface area contributed by atoms with Crippen molar-refractivity contribution in [1.82, 2.24) is 0 Å². The molecule has 1 aromatic rings. The summed E-state index contributed by atoms with van der Waals surface area (Å²) >= 11 is 0. The third-order valence-electron chi connectivity index (χ3n) is 2.83. The van der Waals surface area contributed by atoms with E-state index in [9.17, 15) is 4.79 Å². The summed E-state index contributed by atoms with van der Waals surface area (Å²) < 4.78 is 5.15. The van der Waals surface area contributed by atoms with Crippen molar-refractivity contribution in [2.24, 2.45) is 11.7 Å². The van der Waals surface area contributed by atoms with E-state index in [1.807, 2.05) is 30.3 Å². The fraction of sp³-hybridized carbons (Fsp3) is 0.462. The molecule has 1 rings (SSSR count). The molecular formula is C13H19NO2. The lowest BCUT2D eigenvalue weighted by molar-refractivity contribution is 0.0724. The molecule has 1 amide bonds. The van der Waals surface area contributed by atoms with Crippen LogP contribution in [0.2, 0.25) is 0 Å². The predicted molar refractivity (Wildman–Crippen MR) is 64.1 cm³/mol. The lowest BCUT2D eigenvalue weighted by Gasteiger charge is -2.22.